The van der Waals surface area contributed by atoms with E-state index in [1.165, 1.54) is 0 Å². The standard InChI is InChI=1S/C28H32F3N3O3/c1-36-24-4-2-3-17-21(24)10-20-19(9-16-13-37-14-22(16)20)18-7-8-33(27(17)18)26(35)12-34-25(28(29,30)31)11-23(32-34)15-5-6-15/h2-4,11,15-16,18-20,22,27H,5-10,12-14H2,1H3/t16?,18-,19?,20?,22?,27+/m0/s1. The summed E-state index contributed by atoms with van der Waals surface area (Å²) in [5.41, 5.74) is 1.86. The van der Waals surface area contributed by atoms with E-state index < -0.39 is 18.4 Å². The molecule has 2 saturated carbocycles. The number of halogens is 3. The van der Waals surface area contributed by atoms with Crippen LogP contribution in [-0.4, -0.2) is 47.5 Å². The molecule has 37 heavy (non-hydrogen) atoms. The summed E-state index contributed by atoms with van der Waals surface area (Å²) in [7, 11) is 1.68. The SMILES string of the molecule is COc1cccc2c1CC1C3COCC3CC1[C@@H]1CCN(C(=O)Cn3nc(C4CC4)cc3C(F)(F)F)[C@H]21. The van der Waals surface area contributed by atoms with Crippen molar-refractivity contribution in [2.24, 2.45) is 29.6 Å². The zero-order valence-electron chi connectivity index (χ0n) is 20.9. The van der Waals surface area contributed by atoms with Crippen molar-refractivity contribution in [3.8, 4) is 5.75 Å². The number of alkyl halides is 3. The summed E-state index contributed by atoms with van der Waals surface area (Å²) in [6, 6.07) is 7.01. The normalized spacial score (nSPS) is 32.5. The third kappa shape index (κ3) is 3.79. The van der Waals surface area contributed by atoms with Crippen molar-refractivity contribution >= 4 is 5.91 Å². The molecule has 1 amide bonds. The zero-order valence-corrected chi connectivity index (χ0v) is 20.9. The fourth-order valence-electron chi connectivity index (χ4n) is 8.00. The minimum Gasteiger partial charge on any atom is -0.496 e. The Hall–Kier alpha value is -2.55. The molecule has 4 fully saturated rings. The van der Waals surface area contributed by atoms with Crippen LogP contribution in [0.3, 0.4) is 0 Å². The highest BCUT2D eigenvalue weighted by atomic mass is 19.4. The second-order valence-corrected chi connectivity index (χ2v) is 11.6. The van der Waals surface area contributed by atoms with E-state index in [-0.39, 0.29) is 23.8 Å². The number of benzene rings is 1. The van der Waals surface area contributed by atoms with Crippen molar-refractivity contribution in [1.29, 1.82) is 0 Å². The lowest BCUT2D eigenvalue weighted by Gasteiger charge is -2.32. The lowest BCUT2D eigenvalue weighted by atomic mass is 9.78. The Labute approximate surface area is 214 Å². The molecule has 1 aromatic carbocycles. The number of fused-ring (bicyclic) bond motifs is 7. The summed E-state index contributed by atoms with van der Waals surface area (Å²) in [6.07, 6.45) is 0.0155. The highest BCUT2D eigenvalue weighted by molar-refractivity contribution is 5.77. The third-order valence-corrected chi connectivity index (χ3v) is 9.76. The van der Waals surface area contributed by atoms with Crippen LogP contribution in [0.25, 0.3) is 0 Å². The fourth-order valence-corrected chi connectivity index (χ4v) is 8.00. The highest BCUT2D eigenvalue weighted by Crippen LogP contribution is 2.58. The number of aromatic nitrogens is 2. The molecule has 5 aliphatic rings. The van der Waals surface area contributed by atoms with Crippen LogP contribution in [0.2, 0.25) is 0 Å². The van der Waals surface area contributed by atoms with Crippen LogP contribution < -0.4 is 4.74 Å². The van der Waals surface area contributed by atoms with Gasteiger partial charge in [0, 0.05) is 19.1 Å². The van der Waals surface area contributed by atoms with Gasteiger partial charge in [0.05, 0.1) is 25.5 Å². The molecule has 2 saturated heterocycles. The second kappa shape index (κ2) is 8.48. The Kier molecular flexibility index (Phi) is 5.40. The van der Waals surface area contributed by atoms with Gasteiger partial charge in [0.15, 0.2) is 0 Å². The Morgan fingerprint density at radius 1 is 1.14 bits per heavy atom. The molecule has 3 aliphatic carbocycles. The molecule has 2 aliphatic heterocycles. The van der Waals surface area contributed by atoms with Gasteiger partial charge < -0.3 is 14.4 Å². The summed E-state index contributed by atoms with van der Waals surface area (Å²) >= 11 is 0. The van der Waals surface area contributed by atoms with Crippen LogP contribution in [0.15, 0.2) is 24.3 Å². The Balaban J connectivity index is 1.24. The van der Waals surface area contributed by atoms with Crippen LogP contribution >= 0.6 is 0 Å². The summed E-state index contributed by atoms with van der Waals surface area (Å²) < 4.78 is 54.0. The molecule has 6 nitrogen and oxygen atoms in total. The molecule has 0 N–H and O–H groups in total. The predicted molar refractivity (Wildman–Crippen MR) is 128 cm³/mol. The molecule has 6 atom stereocenters. The number of hydrogen-bond donors (Lipinski definition) is 0. The first-order valence-electron chi connectivity index (χ1n) is 13.5. The van der Waals surface area contributed by atoms with Crippen LogP contribution in [0.5, 0.6) is 5.75 Å². The summed E-state index contributed by atoms with van der Waals surface area (Å²) in [4.78, 5) is 15.6. The average Bonchev–Trinajstić information content (AvgIpc) is 3.19. The third-order valence-electron chi connectivity index (χ3n) is 9.76. The summed E-state index contributed by atoms with van der Waals surface area (Å²) in [5, 5.41) is 4.25. The largest absolute Gasteiger partial charge is 0.496 e. The van der Waals surface area contributed by atoms with Crippen LogP contribution in [0.1, 0.15) is 60.2 Å². The molecule has 0 spiro atoms. The van der Waals surface area contributed by atoms with Gasteiger partial charge in [0.2, 0.25) is 5.91 Å². The number of carbonyl (C=O) groups is 1. The minimum absolute atomic E-state index is 0.0811. The molecule has 0 radical (unpaired) electrons. The first kappa shape index (κ1) is 23.6. The lowest BCUT2D eigenvalue weighted by Crippen LogP contribution is -2.36. The van der Waals surface area contributed by atoms with E-state index in [1.54, 1.807) is 7.11 Å². The van der Waals surface area contributed by atoms with Crippen LogP contribution in [0.4, 0.5) is 13.2 Å². The number of methoxy groups -OCH3 is 1. The van der Waals surface area contributed by atoms with E-state index in [1.807, 2.05) is 17.0 Å². The van der Waals surface area contributed by atoms with Crippen molar-refractivity contribution in [2.45, 2.75) is 56.8 Å². The predicted octanol–water partition coefficient (Wildman–Crippen LogP) is 4.83. The second-order valence-electron chi connectivity index (χ2n) is 11.6. The molecule has 3 heterocycles. The maximum absolute atomic E-state index is 13.8. The Bertz CT molecular complexity index is 1220. The van der Waals surface area contributed by atoms with Crippen molar-refractivity contribution in [3.05, 3.63) is 46.8 Å². The molecular formula is C28H32F3N3O3. The zero-order chi connectivity index (χ0) is 25.5. The van der Waals surface area contributed by atoms with Gasteiger partial charge in [-0.25, -0.2) is 0 Å². The number of likely N-dealkylation sites (tertiary alicyclic amines) is 1. The monoisotopic (exact) mass is 515 g/mol. The van der Waals surface area contributed by atoms with Crippen molar-refractivity contribution in [2.75, 3.05) is 26.9 Å². The Morgan fingerprint density at radius 3 is 2.73 bits per heavy atom. The van der Waals surface area contributed by atoms with Gasteiger partial charge in [0.25, 0.3) is 0 Å². The van der Waals surface area contributed by atoms with Gasteiger partial charge in [-0.1, -0.05) is 12.1 Å². The maximum Gasteiger partial charge on any atom is 0.433 e. The number of carbonyl (C=O) groups excluding carboxylic acids is 1. The Morgan fingerprint density at radius 2 is 1.97 bits per heavy atom. The first-order valence-corrected chi connectivity index (χ1v) is 13.5. The van der Waals surface area contributed by atoms with E-state index in [9.17, 15) is 18.0 Å². The molecule has 198 valence electrons. The van der Waals surface area contributed by atoms with Crippen LogP contribution in [-0.2, 0) is 28.7 Å². The molecule has 2 aromatic rings. The van der Waals surface area contributed by atoms with Gasteiger partial charge in [-0.15, -0.1) is 0 Å². The van der Waals surface area contributed by atoms with Gasteiger partial charge in [-0.05, 0) is 85.0 Å². The van der Waals surface area contributed by atoms with Crippen LogP contribution in [0, 0.1) is 29.6 Å². The fraction of sp³-hybridized carbons (Fsp3) is 0.643. The quantitative estimate of drug-likeness (QED) is 0.585. The number of rotatable bonds is 4. The van der Waals surface area contributed by atoms with E-state index in [2.05, 4.69) is 11.2 Å². The number of hydrogen-bond acceptors (Lipinski definition) is 4. The lowest BCUT2D eigenvalue weighted by molar-refractivity contribution is -0.146. The molecule has 9 heteroatoms. The van der Waals surface area contributed by atoms with Crippen molar-refractivity contribution in [3.63, 3.8) is 0 Å². The topological polar surface area (TPSA) is 56.6 Å². The smallest absolute Gasteiger partial charge is 0.433 e. The molecule has 7 rings (SSSR count). The van der Waals surface area contributed by atoms with Crippen molar-refractivity contribution < 1.29 is 27.4 Å². The molecular weight excluding hydrogens is 483 g/mol. The highest BCUT2D eigenvalue weighted by Gasteiger charge is 2.55. The minimum atomic E-state index is -4.55. The first-order chi connectivity index (χ1) is 17.8. The van der Waals surface area contributed by atoms with Crippen molar-refractivity contribution in [1.82, 2.24) is 14.7 Å². The van der Waals surface area contributed by atoms with E-state index >= 15 is 0 Å². The van der Waals surface area contributed by atoms with E-state index in [0.717, 1.165) is 72.9 Å². The number of amides is 1. The maximum atomic E-state index is 13.8. The molecule has 4 unspecified atom stereocenters. The average molecular weight is 516 g/mol. The van der Waals surface area contributed by atoms with Gasteiger partial charge >= 0.3 is 6.18 Å². The number of nitrogens with zero attached hydrogens (tertiary/aromatic N) is 3. The summed E-state index contributed by atoms with van der Waals surface area (Å²) in [6.45, 7) is 1.76. The van der Waals surface area contributed by atoms with Gasteiger partial charge in [-0.3, -0.25) is 9.48 Å². The molecule has 1 aromatic heterocycles. The number of ether oxygens (including phenoxy) is 2. The van der Waals surface area contributed by atoms with E-state index in [0.29, 0.717) is 35.9 Å². The van der Waals surface area contributed by atoms with Gasteiger partial charge in [0.1, 0.15) is 18.0 Å². The van der Waals surface area contributed by atoms with Gasteiger partial charge in [-0.2, -0.15) is 18.3 Å². The molecule has 0 bridgehead atoms. The van der Waals surface area contributed by atoms with E-state index in [4.69, 9.17) is 9.47 Å². The summed E-state index contributed by atoms with van der Waals surface area (Å²) in [5.74, 6) is 2.91.